The van der Waals surface area contributed by atoms with Gasteiger partial charge >= 0.3 is 11.9 Å². The molecule has 0 spiro atoms. The fourth-order valence-corrected chi connectivity index (χ4v) is 6.28. The molecule has 276 valence electrons. The Morgan fingerprint density at radius 3 is 1.11 bits per heavy atom. The zero-order chi connectivity index (χ0) is 33.4. The number of unbranched alkanes of at least 4 members (excludes halogenated alkanes) is 24. The first-order valence-corrected chi connectivity index (χ1v) is 19.6. The number of rotatable bonds is 34. The Morgan fingerprint density at radius 2 is 0.804 bits per heavy atom. The summed E-state index contributed by atoms with van der Waals surface area (Å²) in [5, 5.41) is 9.61. The van der Waals surface area contributed by atoms with Crippen LogP contribution >= 0.6 is 0 Å². The van der Waals surface area contributed by atoms with Gasteiger partial charge in [0, 0.05) is 12.8 Å². The van der Waals surface area contributed by atoms with Gasteiger partial charge in [-0.25, -0.2) is 0 Å². The molecule has 0 aromatic carbocycles. The Kier molecular flexibility index (Phi) is 35.3. The summed E-state index contributed by atoms with van der Waals surface area (Å²) in [6, 6.07) is 0. The number of nitrogens with zero attached hydrogens (tertiary/aromatic N) is 1. The molecule has 0 bridgehead atoms. The van der Waals surface area contributed by atoms with Crippen LogP contribution in [0.1, 0.15) is 201 Å². The largest absolute Gasteiger partial charge is 1.00 e. The lowest BCUT2D eigenvalue weighted by Gasteiger charge is -2.38. The number of hydrogen-bond donors (Lipinski definition) is 1. The number of hydrogen-bond acceptors (Lipinski definition) is 5. The van der Waals surface area contributed by atoms with Gasteiger partial charge in [0.2, 0.25) is 0 Å². The van der Waals surface area contributed by atoms with Crippen molar-refractivity contribution in [3.05, 3.63) is 0 Å². The van der Waals surface area contributed by atoms with Crippen molar-refractivity contribution in [2.45, 2.75) is 213 Å². The molecule has 46 heavy (non-hydrogen) atoms. The van der Waals surface area contributed by atoms with E-state index in [1.165, 1.54) is 135 Å². The molecule has 0 aromatic rings. The van der Waals surface area contributed by atoms with E-state index in [0.717, 1.165) is 32.1 Å². The Bertz CT molecular complexity index is 675. The highest BCUT2D eigenvalue weighted by Gasteiger charge is 2.38. The number of ether oxygens (including phenoxy) is 2. The summed E-state index contributed by atoms with van der Waals surface area (Å²) >= 11 is 0. The maximum absolute atomic E-state index is 12.8. The molecule has 0 rings (SSSR count). The molecule has 1 N–H and O–H groups in total. The highest BCUT2D eigenvalue weighted by molar-refractivity contribution is 5.70. The standard InChI is InChI=1S/C39H78NO5.BrH/c1-6-8-10-12-14-16-18-20-22-24-26-28-30-32-37(42)44-36(3)39(40(4,5)34-35-41)45-38(43)33-31-29-27-25-23-21-19-17-15-13-11-9-7-2;/h36,39,41H,6-35H2,1-5H3;1H/q+1;/p-1. The highest BCUT2D eigenvalue weighted by atomic mass is 79.9. The number of aliphatic hydroxyl groups excluding tert-OH is 1. The number of quaternary nitrogens is 1. The van der Waals surface area contributed by atoms with E-state index in [1.54, 1.807) is 0 Å². The SMILES string of the molecule is CCCCCCCCCCCCCCCC(=O)OC(C)C(OC(=O)CCCCCCCCCCCCCCC)[N+](C)(C)CCO.[Br-]. The Hall–Kier alpha value is -0.660. The average molecular weight is 721 g/mol. The molecule has 2 atom stereocenters. The van der Waals surface area contributed by atoms with Crippen molar-refractivity contribution in [1.82, 2.24) is 0 Å². The van der Waals surface area contributed by atoms with Crippen LogP contribution in [0.4, 0.5) is 0 Å². The summed E-state index contributed by atoms with van der Waals surface area (Å²) in [5.41, 5.74) is 0. The van der Waals surface area contributed by atoms with Crippen LogP contribution < -0.4 is 17.0 Å². The van der Waals surface area contributed by atoms with Gasteiger partial charge < -0.3 is 31.6 Å². The first-order chi connectivity index (χ1) is 21.8. The molecule has 0 saturated heterocycles. The molecule has 0 radical (unpaired) electrons. The molecular formula is C39H78BrNO5. The molecule has 2 unspecified atom stereocenters. The topological polar surface area (TPSA) is 72.8 Å². The first-order valence-electron chi connectivity index (χ1n) is 19.6. The van der Waals surface area contributed by atoms with E-state index in [2.05, 4.69) is 13.8 Å². The van der Waals surface area contributed by atoms with Crippen molar-refractivity contribution >= 4 is 11.9 Å². The van der Waals surface area contributed by atoms with Crippen LogP contribution in [0.5, 0.6) is 0 Å². The quantitative estimate of drug-likeness (QED) is 0.0318. The van der Waals surface area contributed by atoms with Crippen LogP contribution in [0.15, 0.2) is 0 Å². The van der Waals surface area contributed by atoms with Gasteiger partial charge in [0.05, 0.1) is 20.7 Å². The van der Waals surface area contributed by atoms with Gasteiger partial charge in [0.1, 0.15) is 6.54 Å². The molecular weight excluding hydrogens is 642 g/mol. The van der Waals surface area contributed by atoms with E-state index in [-0.39, 0.29) is 40.0 Å². The van der Waals surface area contributed by atoms with Gasteiger partial charge in [-0.05, 0) is 19.8 Å². The number of carbonyl (C=O) groups is 2. The lowest BCUT2D eigenvalue weighted by Crippen LogP contribution is -3.00. The predicted molar refractivity (Wildman–Crippen MR) is 190 cm³/mol. The first kappa shape index (κ1) is 47.5. The van der Waals surface area contributed by atoms with Crippen molar-refractivity contribution in [3.8, 4) is 0 Å². The van der Waals surface area contributed by atoms with E-state index >= 15 is 0 Å². The third kappa shape index (κ3) is 29.5. The van der Waals surface area contributed by atoms with Gasteiger partial charge in [-0.3, -0.25) is 14.1 Å². The van der Waals surface area contributed by atoms with Crippen LogP contribution in [0.2, 0.25) is 0 Å². The monoisotopic (exact) mass is 720 g/mol. The van der Waals surface area contributed by atoms with E-state index in [0.29, 0.717) is 19.4 Å². The summed E-state index contributed by atoms with van der Waals surface area (Å²) in [6.45, 7) is 6.72. The zero-order valence-corrected chi connectivity index (χ0v) is 32.9. The van der Waals surface area contributed by atoms with Crippen molar-refractivity contribution in [3.63, 3.8) is 0 Å². The van der Waals surface area contributed by atoms with E-state index in [4.69, 9.17) is 9.47 Å². The normalized spacial score (nSPS) is 12.8. The van der Waals surface area contributed by atoms with Gasteiger partial charge in [-0.15, -0.1) is 0 Å². The van der Waals surface area contributed by atoms with E-state index in [1.807, 2.05) is 21.0 Å². The summed E-state index contributed by atoms with van der Waals surface area (Å²) in [6.07, 6.45) is 32.5. The molecule has 0 aromatic heterocycles. The number of halogens is 1. The minimum atomic E-state index is -0.637. The van der Waals surface area contributed by atoms with Gasteiger partial charge in [0.25, 0.3) is 6.23 Å². The smallest absolute Gasteiger partial charge is 0.310 e. The molecule has 0 aliphatic rings. The Labute approximate surface area is 296 Å². The van der Waals surface area contributed by atoms with Gasteiger partial charge in [-0.2, -0.15) is 0 Å². The van der Waals surface area contributed by atoms with Gasteiger partial charge in [0.15, 0.2) is 6.10 Å². The molecule has 0 aliphatic carbocycles. The third-order valence-corrected chi connectivity index (χ3v) is 9.31. The molecule has 0 amide bonds. The fraction of sp³-hybridized carbons (Fsp3) is 0.949. The van der Waals surface area contributed by atoms with Crippen LogP contribution in [-0.2, 0) is 19.1 Å². The highest BCUT2D eigenvalue weighted by Crippen LogP contribution is 2.19. The number of likely N-dealkylation sites (N-methyl/N-ethyl adjacent to an activating group) is 1. The van der Waals surface area contributed by atoms with Crippen molar-refractivity contribution < 1.29 is 45.6 Å². The zero-order valence-electron chi connectivity index (χ0n) is 31.3. The number of esters is 2. The minimum Gasteiger partial charge on any atom is -1.00 e. The molecule has 0 aliphatic heterocycles. The van der Waals surface area contributed by atoms with Crippen LogP contribution in [0.3, 0.4) is 0 Å². The van der Waals surface area contributed by atoms with Crippen LogP contribution in [0, 0.1) is 0 Å². The second kappa shape index (κ2) is 34.2. The minimum absolute atomic E-state index is 0. The predicted octanol–water partition coefficient (Wildman–Crippen LogP) is 7.82. The molecule has 0 fully saturated rings. The van der Waals surface area contributed by atoms with Crippen molar-refractivity contribution in [2.24, 2.45) is 0 Å². The lowest BCUT2D eigenvalue weighted by molar-refractivity contribution is -0.938. The van der Waals surface area contributed by atoms with Crippen molar-refractivity contribution in [2.75, 3.05) is 27.2 Å². The molecule has 0 saturated carbocycles. The van der Waals surface area contributed by atoms with Crippen LogP contribution in [-0.4, -0.2) is 61.1 Å². The second-order valence-corrected chi connectivity index (χ2v) is 14.3. The summed E-state index contributed by atoms with van der Waals surface area (Å²) < 4.78 is 11.9. The maximum Gasteiger partial charge on any atom is 0.310 e. The van der Waals surface area contributed by atoms with Crippen molar-refractivity contribution in [1.29, 1.82) is 0 Å². The van der Waals surface area contributed by atoms with E-state index in [9.17, 15) is 14.7 Å². The average Bonchev–Trinajstić information content (AvgIpc) is 3.00. The number of carbonyl (C=O) groups excluding carboxylic acids is 2. The Balaban J connectivity index is 0. The van der Waals surface area contributed by atoms with E-state index < -0.39 is 12.3 Å². The van der Waals surface area contributed by atoms with Crippen LogP contribution in [0.25, 0.3) is 0 Å². The molecule has 0 heterocycles. The molecule has 6 nitrogen and oxygen atoms in total. The molecule has 7 heteroatoms. The summed E-state index contributed by atoms with van der Waals surface area (Å²) in [5.74, 6) is -0.473. The lowest BCUT2D eigenvalue weighted by atomic mass is 10.0. The fourth-order valence-electron chi connectivity index (χ4n) is 6.28. The Morgan fingerprint density at radius 1 is 0.522 bits per heavy atom. The number of aliphatic hydroxyl groups is 1. The second-order valence-electron chi connectivity index (χ2n) is 14.3. The third-order valence-electron chi connectivity index (χ3n) is 9.31. The van der Waals surface area contributed by atoms with Gasteiger partial charge in [-0.1, -0.05) is 168 Å². The maximum atomic E-state index is 12.8. The summed E-state index contributed by atoms with van der Waals surface area (Å²) in [4.78, 5) is 25.4. The summed E-state index contributed by atoms with van der Waals surface area (Å²) in [7, 11) is 3.83.